The Kier molecular flexibility index (Phi) is 2.54. The van der Waals surface area contributed by atoms with Crippen LogP contribution in [0.2, 0.25) is 0 Å². The fraction of sp³-hybridized carbons (Fsp3) is 1.00. The van der Waals surface area contributed by atoms with Crippen LogP contribution in [0.3, 0.4) is 0 Å². The van der Waals surface area contributed by atoms with Crippen LogP contribution in [0.4, 0.5) is 0 Å². The first-order chi connectivity index (χ1) is 2.64. The maximum atomic E-state index is 9.64. The Morgan fingerprint density at radius 3 is 1.67 bits per heavy atom. The average Bonchev–Trinajstić information content (AvgIpc) is 1.36. The Hall–Kier alpha value is 0.260. The molecule has 5 heteroatoms. The molecule has 0 aromatic carbocycles. The molecule has 0 aliphatic heterocycles. The molecule has 0 aliphatic rings. The summed E-state index contributed by atoms with van der Waals surface area (Å²) in [5.74, 6) is 0. The lowest BCUT2D eigenvalue weighted by atomic mass is 12.0. The number of rotatable bonds is 1. The minimum Gasteiger partial charge on any atom is -0.762 e. The van der Waals surface area contributed by atoms with Gasteiger partial charge in [0.05, 0.1) is 9.83 Å². The lowest BCUT2D eigenvalue weighted by Crippen LogP contribution is -1.92. The van der Waals surface area contributed by atoms with Crippen LogP contribution in [0.1, 0.15) is 0 Å². The van der Waals surface area contributed by atoms with Gasteiger partial charge >= 0.3 is 0 Å². The van der Waals surface area contributed by atoms with Crippen molar-refractivity contribution in [1.29, 1.82) is 0 Å². The van der Waals surface area contributed by atoms with Gasteiger partial charge in [0.15, 0.2) is 0 Å². The molecule has 0 heterocycles. The van der Waals surface area contributed by atoms with Gasteiger partial charge in [-0.15, -0.1) is 0 Å². The van der Waals surface area contributed by atoms with Gasteiger partial charge in [-0.05, 0) is 0 Å². The van der Waals surface area contributed by atoms with Gasteiger partial charge in [-0.3, -0.25) is 4.21 Å². The van der Waals surface area contributed by atoms with E-state index >= 15 is 0 Å². The molecule has 2 atom stereocenters. The van der Waals surface area contributed by atoms with E-state index in [0.29, 0.717) is 0 Å². The van der Waals surface area contributed by atoms with Crippen LogP contribution in [0.5, 0.6) is 0 Å². The van der Waals surface area contributed by atoms with Crippen molar-refractivity contribution in [2.75, 3.05) is 6.26 Å². The molecular formula is CH3O3S2-. The molecule has 0 aliphatic carbocycles. The fourth-order valence-electron chi connectivity index (χ4n) is 0. The molecule has 0 saturated carbocycles. The van der Waals surface area contributed by atoms with Crippen molar-refractivity contribution in [3.8, 4) is 0 Å². The topological polar surface area (TPSA) is 57.2 Å². The van der Waals surface area contributed by atoms with Crippen molar-refractivity contribution in [2.45, 2.75) is 0 Å². The summed E-state index contributed by atoms with van der Waals surface area (Å²) in [7, 11) is -4.10. The van der Waals surface area contributed by atoms with Gasteiger partial charge in [0.1, 0.15) is 0 Å². The van der Waals surface area contributed by atoms with Crippen molar-refractivity contribution in [3.05, 3.63) is 0 Å². The van der Waals surface area contributed by atoms with Crippen LogP contribution in [0.25, 0.3) is 0 Å². The van der Waals surface area contributed by atoms with E-state index in [4.69, 9.17) is 0 Å². The first-order valence-electron chi connectivity index (χ1n) is 1.07. The van der Waals surface area contributed by atoms with Gasteiger partial charge in [0.2, 0.25) is 0 Å². The quantitative estimate of drug-likeness (QED) is 0.341. The summed E-state index contributed by atoms with van der Waals surface area (Å²) < 4.78 is 28.4. The SMILES string of the molecule is CS(=O)S(=O)[O-]. The lowest BCUT2D eigenvalue weighted by molar-refractivity contribution is 0.550. The second-order valence-electron chi connectivity index (χ2n) is 0.605. The predicted octanol–water partition coefficient (Wildman–Crippen LogP) is -0.841. The Labute approximate surface area is 39.9 Å². The molecule has 0 radical (unpaired) electrons. The second kappa shape index (κ2) is 2.44. The van der Waals surface area contributed by atoms with Gasteiger partial charge in [-0.2, -0.15) is 0 Å². The Morgan fingerprint density at radius 1 is 1.50 bits per heavy atom. The molecule has 0 spiro atoms. The summed E-state index contributed by atoms with van der Waals surface area (Å²) in [6, 6.07) is 0. The molecule has 2 unspecified atom stereocenters. The molecule has 0 bridgehead atoms. The lowest BCUT2D eigenvalue weighted by Gasteiger charge is -1.93. The highest BCUT2D eigenvalue weighted by Crippen LogP contribution is 1.74. The van der Waals surface area contributed by atoms with E-state index in [1.54, 1.807) is 0 Å². The molecule has 38 valence electrons. The van der Waals surface area contributed by atoms with Crippen molar-refractivity contribution < 1.29 is 13.0 Å². The molecule has 6 heavy (non-hydrogen) atoms. The second-order valence-corrected chi connectivity index (χ2v) is 4.04. The maximum absolute atomic E-state index is 9.64. The standard InChI is InChI=1S/CH4O3S2/c1-5(2)6(3)4/h1H3,(H,3,4)/p-1. The molecule has 0 saturated heterocycles. The number of hydrogen-bond acceptors (Lipinski definition) is 3. The smallest absolute Gasteiger partial charge is 0.0940 e. The van der Waals surface area contributed by atoms with E-state index in [1.165, 1.54) is 0 Å². The van der Waals surface area contributed by atoms with E-state index in [0.717, 1.165) is 6.26 Å². The van der Waals surface area contributed by atoms with Crippen LogP contribution in [-0.4, -0.2) is 19.2 Å². The van der Waals surface area contributed by atoms with Crippen LogP contribution in [0.15, 0.2) is 0 Å². The minimum absolute atomic E-state index is 1.10. The highest BCUT2D eigenvalue weighted by Gasteiger charge is 1.80. The maximum Gasteiger partial charge on any atom is 0.0940 e. The Morgan fingerprint density at radius 2 is 1.67 bits per heavy atom. The normalized spacial score (nSPS) is 19.7. The predicted molar refractivity (Wildman–Crippen MR) is 23.0 cm³/mol. The Balaban J connectivity index is 3.57. The molecule has 0 rings (SSSR count). The third-order valence-corrected chi connectivity index (χ3v) is 1.72. The zero-order valence-electron chi connectivity index (χ0n) is 3.04. The molecule has 0 fully saturated rings. The largest absolute Gasteiger partial charge is 0.762 e. The van der Waals surface area contributed by atoms with Crippen molar-refractivity contribution >= 4 is 19.9 Å². The number of hydrogen-bond donors (Lipinski definition) is 0. The first kappa shape index (κ1) is 6.26. The molecule has 0 aromatic heterocycles. The van der Waals surface area contributed by atoms with Crippen LogP contribution in [-0.2, 0) is 19.9 Å². The summed E-state index contributed by atoms with van der Waals surface area (Å²) in [5, 5.41) is 0. The zero-order valence-corrected chi connectivity index (χ0v) is 4.67. The minimum atomic E-state index is -2.40. The molecule has 0 N–H and O–H groups in total. The Bertz CT molecular complexity index is 74.8. The van der Waals surface area contributed by atoms with Gasteiger partial charge in [-0.1, -0.05) is 0 Å². The van der Waals surface area contributed by atoms with E-state index in [9.17, 15) is 13.0 Å². The zero-order chi connectivity index (χ0) is 5.15. The molecular weight excluding hydrogens is 124 g/mol. The first-order valence-corrected chi connectivity index (χ1v) is 4.22. The van der Waals surface area contributed by atoms with Crippen LogP contribution in [0, 0.1) is 0 Å². The van der Waals surface area contributed by atoms with Crippen molar-refractivity contribution in [2.24, 2.45) is 0 Å². The summed E-state index contributed by atoms with van der Waals surface area (Å²) in [5.41, 5.74) is 0. The monoisotopic (exact) mass is 127 g/mol. The van der Waals surface area contributed by atoms with Gasteiger partial charge in [0, 0.05) is 16.4 Å². The summed E-state index contributed by atoms with van der Waals surface area (Å²) in [4.78, 5) is 0. The van der Waals surface area contributed by atoms with E-state index in [1.807, 2.05) is 0 Å². The molecule has 3 nitrogen and oxygen atoms in total. The molecule has 0 amide bonds. The summed E-state index contributed by atoms with van der Waals surface area (Å²) >= 11 is 0. The van der Waals surface area contributed by atoms with Crippen molar-refractivity contribution in [1.82, 2.24) is 0 Å². The van der Waals surface area contributed by atoms with Gasteiger partial charge in [-0.25, -0.2) is 4.21 Å². The highest BCUT2D eigenvalue weighted by atomic mass is 33.1. The van der Waals surface area contributed by atoms with Gasteiger partial charge in [0.25, 0.3) is 0 Å². The summed E-state index contributed by atoms with van der Waals surface area (Å²) in [6.45, 7) is 0. The highest BCUT2D eigenvalue weighted by molar-refractivity contribution is 8.58. The van der Waals surface area contributed by atoms with E-state index < -0.39 is 19.9 Å². The van der Waals surface area contributed by atoms with Gasteiger partial charge < -0.3 is 4.55 Å². The molecule has 0 aromatic rings. The van der Waals surface area contributed by atoms with E-state index in [-0.39, 0.29) is 0 Å². The van der Waals surface area contributed by atoms with E-state index in [2.05, 4.69) is 0 Å². The van der Waals surface area contributed by atoms with Crippen LogP contribution < -0.4 is 0 Å². The van der Waals surface area contributed by atoms with Crippen molar-refractivity contribution in [3.63, 3.8) is 0 Å². The average molecular weight is 127 g/mol. The third-order valence-electron chi connectivity index (χ3n) is 0.192. The fourth-order valence-corrected chi connectivity index (χ4v) is 0. The third kappa shape index (κ3) is 2.49. The van der Waals surface area contributed by atoms with Crippen LogP contribution >= 0.6 is 0 Å². The summed E-state index contributed by atoms with van der Waals surface area (Å²) in [6.07, 6.45) is 1.10.